The van der Waals surface area contributed by atoms with Gasteiger partial charge in [-0.25, -0.2) is 18.1 Å². The van der Waals surface area contributed by atoms with Gasteiger partial charge >= 0.3 is 0 Å². The van der Waals surface area contributed by atoms with E-state index in [0.717, 1.165) is 28.8 Å². The molecule has 3 N–H and O–H groups in total. The summed E-state index contributed by atoms with van der Waals surface area (Å²) in [7, 11) is -3.69. The third-order valence-corrected chi connectivity index (χ3v) is 8.15. The Balaban J connectivity index is 1.62. The van der Waals surface area contributed by atoms with Crippen LogP contribution in [-0.4, -0.2) is 19.3 Å². The van der Waals surface area contributed by atoms with Gasteiger partial charge in [0.1, 0.15) is 0 Å². The van der Waals surface area contributed by atoms with Crippen LogP contribution in [0.5, 0.6) is 0 Å². The maximum absolute atomic E-state index is 13.2. The largest absolute Gasteiger partial charge is 0.338 e. The number of rotatable bonds is 8. The second-order valence-electron chi connectivity index (χ2n) is 10.2. The molecule has 7 nitrogen and oxygen atoms in total. The van der Waals surface area contributed by atoms with E-state index in [2.05, 4.69) is 34.2 Å². The van der Waals surface area contributed by atoms with E-state index in [4.69, 9.17) is 0 Å². The topological polar surface area (TPSA) is 100 Å². The van der Waals surface area contributed by atoms with Gasteiger partial charge in [0.2, 0.25) is 15.9 Å². The Labute approximate surface area is 213 Å². The molecule has 1 aliphatic carbocycles. The highest BCUT2D eigenvalue weighted by Gasteiger charge is 2.39. The summed E-state index contributed by atoms with van der Waals surface area (Å²) < 4.78 is 29.4. The first-order chi connectivity index (χ1) is 17.0. The number of fused-ring (bicyclic) bond motifs is 1. The predicted molar refractivity (Wildman–Crippen MR) is 144 cm³/mol. The molecule has 8 heteroatoms. The van der Waals surface area contributed by atoms with Crippen LogP contribution in [0.1, 0.15) is 63.8 Å². The molecule has 190 valence electrons. The van der Waals surface area contributed by atoms with Crippen LogP contribution in [0, 0.1) is 5.92 Å². The maximum Gasteiger partial charge on any atom is 0.241 e. The summed E-state index contributed by atoms with van der Waals surface area (Å²) in [4.78, 5) is 16.9. The molecule has 0 bridgehead atoms. The van der Waals surface area contributed by atoms with Crippen LogP contribution in [0.3, 0.4) is 0 Å². The zero-order chi connectivity index (χ0) is 26.1. The highest BCUT2D eigenvalue weighted by atomic mass is 32.2. The zero-order valence-corrected chi connectivity index (χ0v) is 22.2. The first-order valence-electron chi connectivity index (χ1n) is 12.3. The summed E-state index contributed by atoms with van der Waals surface area (Å²) >= 11 is 0. The smallest absolute Gasteiger partial charge is 0.241 e. The van der Waals surface area contributed by atoms with Gasteiger partial charge in [-0.15, -0.1) is 0 Å². The minimum Gasteiger partial charge on any atom is -0.338 e. The maximum atomic E-state index is 13.2. The lowest BCUT2D eigenvalue weighted by atomic mass is 9.86. The van der Waals surface area contributed by atoms with Crippen molar-refractivity contribution in [1.82, 2.24) is 9.71 Å². The van der Waals surface area contributed by atoms with Crippen LogP contribution in [0.25, 0.3) is 0 Å². The summed E-state index contributed by atoms with van der Waals surface area (Å²) in [5.74, 6) is 0.271. The Kier molecular flexibility index (Phi) is 7.20. The standard InChI is InChI=1S/C28H34N4O3S/c1-6-19-9-12-21(13-10-19)36(34,35)32-25-17-28(4,5)23-14-11-20(16-22(23)25)30-26-24(8-7-15-29-26)31-27(33)18(2)3/h7-16,18,25,32H,6,17H2,1-5H3,(H,29,30)(H,31,33). The number of aromatic nitrogens is 1. The van der Waals surface area contributed by atoms with E-state index in [1.54, 1.807) is 30.5 Å². The van der Waals surface area contributed by atoms with Crippen LogP contribution >= 0.6 is 0 Å². The molecule has 1 heterocycles. The van der Waals surface area contributed by atoms with Crippen LogP contribution < -0.4 is 15.4 Å². The van der Waals surface area contributed by atoms with Crippen molar-refractivity contribution < 1.29 is 13.2 Å². The quantitative estimate of drug-likeness (QED) is 0.365. The third kappa shape index (κ3) is 5.44. The molecule has 2 aromatic carbocycles. The van der Waals surface area contributed by atoms with Crippen molar-refractivity contribution in [2.45, 2.75) is 63.8 Å². The molecule has 1 aliphatic rings. The fourth-order valence-electron chi connectivity index (χ4n) is 4.56. The molecule has 1 unspecified atom stereocenters. The number of benzene rings is 2. The van der Waals surface area contributed by atoms with E-state index in [1.165, 1.54) is 0 Å². The minimum absolute atomic E-state index is 0.0943. The van der Waals surface area contributed by atoms with Gasteiger partial charge in [-0.2, -0.15) is 0 Å². The van der Waals surface area contributed by atoms with Crippen molar-refractivity contribution in [1.29, 1.82) is 0 Å². The number of sulfonamides is 1. The summed E-state index contributed by atoms with van der Waals surface area (Å²) in [6.07, 6.45) is 3.16. The number of anilines is 3. The normalized spacial score (nSPS) is 16.6. The summed E-state index contributed by atoms with van der Waals surface area (Å²) in [6.45, 7) is 9.96. The van der Waals surface area contributed by atoms with Gasteiger partial charge in [0, 0.05) is 23.8 Å². The van der Waals surface area contributed by atoms with Crippen molar-refractivity contribution in [3.8, 4) is 0 Å². The van der Waals surface area contributed by atoms with Gasteiger partial charge in [0.05, 0.1) is 10.6 Å². The van der Waals surface area contributed by atoms with Gasteiger partial charge in [-0.05, 0) is 71.3 Å². The summed E-state index contributed by atoms with van der Waals surface area (Å²) in [5.41, 5.74) is 4.30. The molecule has 0 aliphatic heterocycles. The molecule has 36 heavy (non-hydrogen) atoms. The Morgan fingerprint density at radius 2 is 1.83 bits per heavy atom. The second kappa shape index (κ2) is 10.0. The van der Waals surface area contributed by atoms with Gasteiger partial charge in [0.25, 0.3) is 0 Å². The molecule has 1 atom stereocenters. The number of pyridine rings is 1. The van der Waals surface area contributed by atoms with Crippen LogP contribution in [-0.2, 0) is 26.7 Å². The van der Waals surface area contributed by atoms with Crippen LogP contribution in [0.2, 0.25) is 0 Å². The molecular formula is C28H34N4O3S. The molecule has 0 spiro atoms. The van der Waals surface area contributed by atoms with E-state index < -0.39 is 10.0 Å². The number of nitrogens with zero attached hydrogens (tertiary/aromatic N) is 1. The number of amides is 1. The van der Waals surface area contributed by atoms with E-state index in [1.807, 2.05) is 51.1 Å². The molecule has 4 rings (SSSR count). The molecular weight excluding hydrogens is 472 g/mol. The Hall–Kier alpha value is -3.23. The van der Waals surface area contributed by atoms with E-state index in [0.29, 0.717) is 17.9 Å². The van der Waals surface area contributed by atoms with Crippen LogP contribution in [0.15, 0.2) is 65.7 Å². The van der Waals surface area contributed by atoms with Gasteiger partial charge < -0.3 is 10.6 Å². The van der Waals surface area contributed by atoms with Gasteiger partial charge in [-0.3, -0.25) is 4.79 Å². The van der Waals surface area contributed by atoms with Crippen molar-refractivity contribution in [2.75, 3.05) is 10.6 Å². The van der Waals surface area contributed by atoms with E-state index in [9.17, 15) is 13.2 Å². The average Bonchev–Trinajstić information content (AvgIpc) is 3.08. The number of carbonyl (C=O) groups is 1. The SMILES string of the molecule is CCc1ccc(S(=O)(=O)NC2CC(C)(C)c3ccc(Nc4ncccc4NC(=O)C(C)C)cc32)cc1. The highest BCUT2D eigenvalue weighted by molar-refractivity contribution is 7.89. The first kappa shape index (κ1) is 25.9. The van der Waals surface area contributed by atoms with Gasteiger partial charge in [-0.1, -0.05) is 52.8 Å². The van der Waals surface area contributed by atoms with E-state index >= 15 is 0 Å². The minimum atomic E-state index is -3.69. The highest BCUT2D eigenvalue weighted by Crippen LogP contribution is 2.46. The Morgan fingerprint density at radius 1 is 1.11 bits per heavy atom. The lowest BCUT2D eigenvalue weighted by Crippen LogP contribution is -2.28. The summed E-state index contributed by atoms with van der Waals surface area (Å²) in [6, 6.07) is 16.2. The molecule has 0 saturated heterocycles. The number of hydrogen-bond acceptors (Lipinski definition) is 5. The first-order valence-corrected chi connectivity index (χ1v) is 13.8. The van der Waals surface area contributed by atoms with Gasteiger partial charge in [0.15, 0.2) is 5.82 Å². The van der Waals surface area contributed by atoms with Crippen molar-refractivity contribution in [2.24, 2.45) is 5.92 Å². The Morgan fingerprint density at radius 3 is 2.50 bits per heavy atom. The van der Waals surface area contributed by atoms with Crippen molar-refractivity contribution in [3.05, 3.63) is 77.5 Å². The van der Waals surface area contributed by atoms with Crippen molar-refractivity contribution in [3.63, 3.8) is 0 Å². The number of nitrogens with one attached hydrogen (secondary N) is 3. The lowest BCUT2D eigenvalue weighted by molar-refractivity contribution is -0.118. The molecule has 1 aromatic heterocycles. The number of aryl methyl sites for hydroxylation is 1. The molecule has 0 saturated carbocycles. The third-order valence-electron chi connectivity index (χ3n) is 6.66. The van der Waals surface area contributed by atoms with E-state index in [-0.39, 0.29) is 28.2 Å². The molecule has 3 aromatic rings. The fourth-order valence-corrected chi connectivity index (χ4v) is 5.78. The summed E-state index contributed by atoms with van der Waals surface area (Å²) in [5, 5.41) is 6.20. The second-order valence-corrected chi connectivity index (χ2v) is 11.9. The average molecular weight is 507 g/mol. The zero-order valence-electron chi connectivity index (χ0n) is 21.4. The fraction of sp³-hybridized carbons (Fsp3) is 0.357. The number of carbonyl (C=O) groups excluding carboxylic acids is 1. The predicted octanol–water partition coefficient (Wildman–Crippen LogP) is 5.68. The van der Waals surface area contributed by atoms with Crippen LogP contribution in [0.4, 0.5) is 17.2 Å². The monoisotopic (exact) mass is 506 g/mol. The molecule has 0 radical (unpaired) electrons. The molecule has 1 amide bonds. The molecule has 0 fully saturated rings. The number of hydrogen-bond donors (Lipinski definition) is 3. The lowest BCUT2D eigenvalue weighted by Gasteiger charge is -2.19. The Bertz CT molecular complexity index is 1370. The van der Waals surface area contributed by atoms with Crippen molar-refractivity contribution >= 4 is 33.1 Å².